The van der Waals surface area contributed by atoms with Crippen LogP contribution in [0.25, 0.3) is 17.3 Å². The molecule has 0 saturated heterocycles. The van der Waals surface area contributed by atoms with Crippen molar-refractivity contribution in [3.8, 4) is 17.3 Å². The Morgan fingerprint density at radius 2 is 2.17 bits per heavy atom. The van der Waals surface area contributed by atoms with Crippen molar-refractivity contribution in [1.29, 1.82) is 0 Å². The smallest absolute Gasteiger partial charge is 0.318 e. The molecule has 0 spiro atoms. The maximum Gasteiger partial charge on any atom is 0.318 e. The molecule has 24 heavy (non-hydrogen) atoms. The summed E-state index contributed by atoms with van der Waals surface area (Å²) >= 11 is 7.36. The van der Waals surface area contributed by atoms with Crippen LogP contribution in [0.2, 0.25) is 5.02 Å². The molecule has 0 aliphatic heterocycles. The van der Waals surface area contributed by atoms with Crippen LogP contribution in [-0.4, -0.2) is 33.1 Å². The maximum absolute atomic E-state index is 11.7. The van der Waals surface area contributed by atoms with Gasteiger partial charge in [-0.25, -0.2) is 0 Å². The fourth-order valence-electron chi connectivity index (χ4n) is 2.13. The SMILES string of the molecule is COC(=O)[C@@H](C)Sc1nnc(-c2ccco2)n1-c1cccc(Cl)c1. The summed E-state index contributed by atoms with van der Waals surface area (Å²) in [6.45, 7) is 1.75. The van der Waals surface area contributed by atoms with Crippen LogP contribution in [0, 0.1) is 0 Å². The molecule has 6 nitrogen and oxygen atoms in total. The first-order chi connectivity index (χ1) is 11.6. The number of rotatable bonds is 5. The number of hydrogen-bond acceptors (Lipinski definition) is 6. The third-order valence-electron chi connectivity index (χ3n) is 3.26. The van der Waals surface area contributed by atoms with Gasteiger partial charge in [0.1, 0.15) is 5.25 Å². The second-order valence-corrected chi connectivity index (χ2v) is 6.63. The van der Waals surface area contributed by atoms with E-state index in [1.54, 1.807) is 42.0 Å². The zero-order valence-corrected chi connectivity index (χ0v) is 14.5. The Labute approximate surface area is 147 Å². The number of hydrogen-bond donors (Lipinski definition) is 0. The highest BCUT2D eigenvalue weighted by molar-refractivity contribution is 8.00. The van der Waals surface area contributed by atoms with Gasteiger partial charge in [0, 0.05) is 5.02 Å². The number of ether oxygens (including phenoxy) is 1. The van der Waals surface area contributed by atoms with Gasteiger partial charge in [-0.15, -0.1) is 10.2 Å². The predicted octanol–water partition coefficient (Wildman–Crippen LogP) is 3.83. The van der Waals surface area contributed by atoms with E-state index in [4.69, 9.17) is 20.8 Å². The van der Waals surface area contributed by atoms with Crippen molar-refractivity contribution in [3.05, 3.63) is 47.7 Å². The Morgan fingerprint density at radius 1 is 1.33 bits per heavy atom. The summed E-state index contributed by atoms with van der Waals surface area (Å²) in [5.74, 6) is 0.766. The van der Waals surface area contributed by atoms with Gasteiger partial charge in [-0.1, -0.05) is 29.4 Å². The van der Waals surface area contributed by atoms with Gasteiger partial charge < -0.3 is 9.15 Å². The molecule has 0 amide bonds. The third kappa shape index (κ3) is 3.32. The molecule has 0 fully saturated rings. The molecular weight excluding hydrogens is 350 g/mol. The van der Waals surface area contributed by atoms with E-state index in [0.29, 0.717) is 21.8 Å². The van der Waals surface area contributed by atoms with Gasteiger partial charge in [-0.05, 0) is 37.3 Å². The van der Waals surface area contributed by atoms with Crippen LogP contribution in [0.3, 0.4) is 0 Å². The lowest BCUT2D eigenvalue weighted by Gasteiger charge is -2.12. The van der Waals surface area contributed by atoms with Gasteiger partial charge in [0.05, 0.1) is 19.1 Å². The molecule has 0 aliphatic rings. The number of methoxy groups -OCH3 is 1. The molecule has 3 rings (SSSR count). The highest BCUT2D eigenvalue weighted by atomic mass is 35.5. The number of carbonyl (C=O) groups excluding carboxylic acids is 1. The summed E-state index contributed by atoms with van der Waals surface area (Å²) in [7, 11) is 1.36. The Kier molecular flexibility index (Phi) is 4.92. The number of furan rings is 1. The molecule has 3 aromatic rings. The van der Waals surface area contributed by atoms with Gasteiger partial charge in [-0.3, -0.25) is 9.36 Å². The molecule has 0 saturated carbocycles. The minimum Gasteiger partial charge on any atom is -0.468 e. The highest BCUT2D eigenvalue weighted by Crippen LogP contribution is 2.31. The third-order valence-corrected chi connectivity index (χ3v) is 4.51. The van der Waals surface area contributed by atoms with Crippen LogP contribution in [-0.2, 0) is 9.53 Å². The van der Waals surface area contributed by atoms with E-state index in [9.17, 15) is 4.79 Å². The number of halogens is 1. The van der Waals surface area contributed by atoms with Crippen molar-refractivity contribution in [2.75, 3.05) is 7.11 Å². The molecule has 1 atom stereocenters. The normalized spacial score (nSPS) is 12.1. The molecule has 0 unspecified atom stereocenters. The standard InChI is InChI=1S/C16H14ClN3O3S/c1-10(15(21)22-2)24-16-19-18-14(13-7-4-8-23-13)20(16)12-6-3-5-11(17)9-12/h3-10H,1-2H3/t10-/m1/s1. The fourth-order valence-corrected chi connectivity index (χ4v) is 3.21. The van der Waals surface area contributed by atoms with Crippen molar-refractivity contribution >= 4 is 29.3 Å². The number of carbonyl (C=O) groups is 1. The monoisotopic (exact) mass is 363 g/mol. The van der Waals surface area contributed by atoms with E-state index < -0.39 is 5.25 Å². The maximum atomic E-state index is 11.7. The van der Waals surface area contributed by atoms with Gasteiger partial charge >= 0.3 is 5.97 Å². The first-order valence-electron chi connectivity index (χ1n) is 7.10. The number of thioether (sulfide) groups is 1. The molecular formula is C16H14ClN3O3S. The summed E-state index contributed by atoms with van der Waals surface area (Å²) in [4.78, 5) is 11.7. The quantitative estimate of drug-likeness (QED) is 0.506. The molecule has 0 radical (unpaired) electrons. The topological polar surface area (TPSA) is 70.2 Å². The van der Waals surface area contributed by atoms with E-state index in [1.807, 2.05) is 12.1 Å². The van der Waals surface area contributed by atoms with E-state index in [2.05, 4.69) is 10.2 Å². The van der Waals surface area contributed by atoms with Crippen LogP contribution < -0.4 is 0 Å². The Morgan fingerprint density at radius 3 is 2.83 bits per heavy atom. The second-order valence-electron chi connectivity index (χ2n) is 4.88. The Bertz CT molecular complexity index is 848. The first-order valence-corrected chi connectivity index (χ1v) is 8.35. The summed E-state index contributed by atoms with van der Waals surface area (Å²) in [5.41, 5.74) is 0.776. The van der Waals surface area contributed by atoms with Crippen molar-refractivity contribution in [3.63, 3.8) is 0 Å². The highest BCUT2D eigenvalue weighted by Gasteiger charge is 2.23. The molecule has 1 aromatic carbocycles. The first kappa shape index (κ1) is 16.6. The average molecular weight is 364 g/mol. The minimum atomic E-state index is -0.429. The Hall–Kier alpha value is -2.25. The van der Waals surface area contributed by atoms with Gasteiger partial charge in [0.15, 0.2) is 10.9 Å². The van der Waals surface area contributed by atoms with E-state index in [1.165, 1.54) is 18.9 Å². The number of aromatic nitrogens is 3. The zero-order chi connectivity index (χ0) is 17.1. The lowest BCUT2D eigenvalue weighted by Crippen LogP contribution is -2.15. The zero-order valence-electron chi connectivity index (χ0n) is 13.0. The summed E-state index contributed by atoms with van der Waals surface area (Å²) < 4.78 is 12.0. The van der Waals surface area contributed by atoms with Crippen molar-refractivity contribution in [2.24, 2.45) is 0 Å². The predicted molar refractivity (Wildman–Crippen MR) is 91.4 cm³/mol. The van der Waals surface area contributed by atoms with Crippen LogP contribution in [0.1, 0.15) is 6.92 Å². The molecule has 0 N–H and O–H groups in total. The van der Waals surface area contributed by atoms with Gasteiger partial charge in [0.25, 0.3) is 0 Å². The average Bonchev–Trinajstić information content (AvgIpc) is 3.23. The van der Waals surface area contributed by atoms with Gasteiger partial charge in [-0.2, -0.15) is 0 Å². The van der Waals surface area contributed by atoms with E-state index >= 15 is 0 Å². The van der Waals surface area contributed by atoms with Crippen LogP contribution >= 0.6 is 23.4 Å². The largest absolute Gasteiger partial charge is 0.468 e. The summed E-state index contributed by atoms with van der Waals surface area (Å²) in [6, 6.07) is 10.9. The van der Waals surface area contributed by atoms with Crippen LogP contribution in [0.5, 0.6) is 0 Å². The van der Waals surface area contributed by atoms with E-state index in [0.717, 1.165) is 5.69 Å². The molecule has 8 heteroatoms. The molecule has 0 bridgehead atoms. The number of nitrogens with zero attached hydrogens (tertiary/aromatic N) is 3. The van der Waals surface area contributed by atoms with Crippen molar-refractivity contribution in [2.45, 2.75) is 17.3 Å². The molecule has 2 heterocycles. The molecule has 0 aliphatic carbocycles. The van der Waals surface area contributed by atoms with Crippen LogP contribution in [0.4, 0.5) is 0 Å². The minimum absolute atomic E-state index is 0.333. The summed E-state index contributed by atoms with van der Waals surface area (Å²) in [5, 5.41) is 9.11. The van der Waals surface area contributed by atoms with Crippen molar-refractivity contribution < 1.29 is 13.9 Å². The van der Waals surface area contributed by atoms with Crippen molar-refractivity contribution in [1.82, 2.24) is 14.8 Å². The van der Waals surface area contributed by atoms with E-state index in [-0.39, 0.29) is 5.97 Å². The number of benzene rings is 1. The Balaban J connectivity index is 2.08. The number of esters is 1. The van der Waals surface area contributed by atoms with Crippen LogP contribution in [0.15, 0.2) is 52.2 Å². The second kappa shape index (κ2) is 7.11. The van der Waals surface area contributed by atoms with Gasteiger partial charge in [0.2, 0.25) is 5.82 Å². The molecule has 124 valence electrons. The summed E-state index contributed by atoms with van der Waals surface area (Å²) in [6.07, 6.45) is 1.57. The fraction of sp³-hybridized carbons (Fsp3) is 0.188. The lowest BCUT2D eigenvalue weighted by atomic mass is 10.3. The lowest BCUT2D eigenvalue weighted by molar-refractivity contribution is -0.139. The molecule has 2 aromatic heterocycles.